The lowest BCUT2D eigenvalue weighted by atomic mass is 10.2. The molecule has 124 valence electrons. The number of carbonyl (C=O) groups is 1. The van der Waals surface area contributed by atoms with E-state index in [4.69, 9.17) is 4.42 Å². The largest absolute Gasteiger partial charge is 0.450 e. The predicted octanol–water partition coefficient (Wildman–Crippen LogP) is 4.64. The van der Waals surface area contributed by atoms with Gasteiger partial charge < -0.3 is 9.73 Å². The van der Waals surface area contributed by atoms with Gasteiger partial charge in [0.15, 0.2) is 5.76 Å². The highest BCUT2D eigenvalue weighted by Crippen LogP contribution is 2.27. The average molecular weight is 414 g/mol. The number of nitrogens with one attached hydrogen (secondary N) is 1. The summed E-state index contributed by atoms with van der Waals surface area (Å²) < 4.78 is 6.47. The van der Waals surface area contributed by atoms with Crippen molar-refractivity contribution in [2.45, 2.75) is 6.54 Å². The van der Waals surface area contributed by atoms with Crippen molar-refractivity contribution in [2.24, 2.45) is 0 Å². The lowest BCUT2D eigenvalue weighted by Crippen LogP contribution is -2.22. The second kappa shape index (κ2) is 6.78. The van der Waals surface area contributed by atoms with E-state index in [0.717, 1.165) is 26.1 Å². The molecule has 4 rings (SSSR count). The first-order valence-electron chi connectivity index (χ1n) is 7.52. The third kappa shape index (κ3) is 3.33. The molecular formula is C18H12BrN3O2S. The molecule has 0 aliphatic heterocycles. The number of thiazole rings is 1. The third-order valence-corrected chi connectivity index (χ3v) is 5.12. The van der Waals surface area contributed by atoms with Crippen molar-refractivity contribution in [1.29, 1.82) is 0 Å². The molecule has 4 aromatic rings. The van der Waals surface area contributed by atoms with Gasteiger partial charge in [0.25, 0.3) is 5.91 Å². The second-order valence-electron chi connectivity index (χ2n) is 5.31. The Bertz CT molecular complexity index is 1040. The topological polar surface area (TPSA) is 68.0 Å². The molecule has 7 heteroatoms. The van der Waals surface area contributed by atoms with Crippen molar-refractivity contribution in [3.05, 3.63) is 69.4 Å². The fourth-order valence-corrected chi connectivity index (χ4v) is 3.64. The van der Waals surface area contributed by atoms with Crippen LogP contribution in [0, 0.1) is 0 Å². The molecule has 0 aliphatic carbocycles. The van der Waals surface area contributed by atoms with Crippen LogP contribution in [0.25, 0.3) is 22.2 Å². The Morgan fingerprint density at radius 1 is 1.24 bits per heavy atom. The summed E-state index contributed by atoms with van der Waals surface area (Å²) in [6.07, 6.45) is 3.46. The number of rotatable bonds is 4. The van der Waals surface area contributed by atoms with Gasteiger partial charge in [-0.2, -0.15) is 0 Å². The van der Waals surface area contributed by atoms with Gasteiger partial charge in [-0.05, 0) is 40.2 Å². The zero-order valence-electron chi connectivity index (χ0n) is 12.9. The molecular weight excluding hydrogens is 402 g/mol. The number of amides is 1. The first-order chi connectivity index (χ1) is 12.2. The number of fused-ring (bicyclic) bond motifs is 1. The Hall–Kier alpha value is -2.51. The minimum Gasteiger partial charge on any atom is -0.450 e. The number of pyridine rings is 1. The molecule has 1 aromatic carbocycles. The maximum Gasteiger partial charge on any atom is 0.287 e. The number of para-hydroxylation sites is 1. The molecule has 1 amide bonds. The Kier molecular flexibility index (Phi) is 4.33. The third-order valence-electron chi connectivity index (χ3n) is 3.65. The van der Waals surface area contributed by atoms with E-state index in [-0.39, 0.29) is 11.7 Å². The molecule has 3 heterocycles. The summed E-state index contributed by atoms with van der Waals surface area (Å²) in [5.41, 5.74) is 2.55. The first-order valence-corrected chi connectivity index (χ1v) is 9.19. The van der Waals surface area contributed by atoms with Crippen LogP contribution in [0.3, 0.4) is 0 Å². The molecule has 0 saturated heterocycles. The molecule has 25 heavy (non-hydrogen) atoms. The predicted molar refractivity (Wildman–Crippen MR) is 100 cm³/mol. The van der Waals surface area contributed by atoms with Crippen LogP contribution in [-0.2, 0) is 6.54 Å². The quantitative estimate of drug-likeness (QED) is 0.528. The van der Waals surface area contributed by atoms with E-state index in [1.54, 1.807) is 18.5 Å². The van der Waals surface area contributed by atoms with Gasteiger partial charge in [0, 0.05) is 28.7 Å². The van der Waals surface area contributed by atoms with Crippen LogP contribution in [0.15, 0.2) is 63.1 Å². The molecule has 5 nitrogen and oxygen atoms in total. The van der Waals surface area contributed by atoms with Crippen molar-refractivity contribution in [3.63, 3.8) is 0 Å². The van der Waals surface area contributed by atoms with Crippen molar-refractivity contribution in [2.75, 3.05) is 0 Å². The van der Waals surface area contributed by atoms with E-state index in [1.807, 2.05) is 35.7 Å². The number of hydrogen-bond acceptors (Lipinski definition) is 5. The number of halogens is 1. The van der Waals surface area contributed by atoms with Crippen LogP contribution in [0.2, 0.25) is 0 Å². The van der Waals surface area contributed by atoms with Crippen molar-refractivity contribution in [3.8, 4) is 11.3 Å². The van der Waals surface area contributed by atoms with Gasteiger partial charge in [-0.1, -0.05) is 12.1 Å². The van der Waals surface area contributed by atoms with E-state index < -0.39 is 0 Å². The lowest BCUT2D eigenvalue weighted by Gasteiger charge is -2.00. The molecule has 0 saturated carbocycles. The number of benzene rings is 1. The zero-order chi connectivity index (χ0) is 17.2. The minimum absolute atomic E-state index is 0.260. The smallest absolute Gasteiger partial charge is 0.287 e. The van der Waals surface area contributed by atoms with Crippen LogP contribution in [0.4, 0.5) is 0 Å². The molecule has 0 unspecified atom stereocenters. The molecule has 0 atom stereocenters. The Morgan fingerprint density at radius 3 is 2.88 bits per heavy atom. The highest BCUT2D eigenvalue weighted by atomic mass is 79.9. The summed E-state index contributed by atoms with van der Waals surface area (Å²) >= 11 is 4.93. The maximum atomic E-state index is 12.3. The monoisotopic (exact) mass is 413 g/mol. The van der Waals surface area contributed by atoms with E-state index in [2.05, 4.69) is 31.2 Å². The van der Waals surface area contributed by atoms with Crippen molar-refractivity contribution in [1.82, 2.24) is 15.3 Å². The summed E-state index contributed by atoms with van der Waals surface area (Å²) in [5, 5.41) is 6.53. The molecule has 3 aromatic heterocycles. The standard InChI is InChI=1S/C18H12BrN3O2S/c19-13-3-1-2-12-8-15(24-17(12)13)18(23)21-9-16-22-14(10-25-16)11-4-6-20-7-5-11/h1-8,10H,9H2,(H,21,23). The van der Waals surface area contributed by atoms with Crippen molar-refractivity contribution >= 4 is 44.1 Å². The van der Waals surface area contributed by atoms with Gasteiger partial charge in [0.2, 0.25) is 0 Å². The number of nitrogens with zero attached hydrogens (tertiary/aromatic N) is 2. The summed E-state index contributed by atoms with van der Waals surface area (Å²) in [4.78, 5) is 20.9. The molecule has 1 N–H and O–H groups in total. The van der Waals surface area contributed by atoms with E-state index in [9.17, 15) is 4.79 Å². The summed E-state index contributed by atoms with van der Waals surface area (Å²) in [7, 11) is 0. The molecule has 0 spiro atoms. The first kappa shape index (κ1) is 16.0. The molecule has 0 radical (unpaired) electrons. The second-order valence-corrected chi connectivity index (χ2v) is 7.11. The van der Waals surface area contributed by atoms with Crippen LogP contribution in [0.5, 0.6) is 0 Å². The molecule has 0 bridgehead atoms. The van der Waals surface area contributed by atoms with Gasteiger partial charge in [0.1, 0.15) is 10.6 Å². The maximum absolute atomic E-state index is 12.3. The van der Waals surface area contributed by atoms with Gasteiger partial charge >= 0.3 is 0 Å². The zero-order valence-corrected chi connectivity index (χ0v) is 15.3. The average Bonchev–Trinajstić information content (AvgIpc) is 3.28. The normalized spacial score (nSPS) is 10.9. The number of hydrogen-bond donors (Lipinski definition) is 1. The van der Waals surface area contributed by atoms with Gasteiger partial charge in [-0.3, -0.25) is 9.78 Å². The van der Waals surface area contributed by atoms with Gasteiger partial charge in [0.05, 0.1) is 16.7 Å². The SMILES string of the molecule is O=C(NCc1nc(-c2ccncc2)cs1)c1cc2cccc(Br)c2o1. The number of carbonyl (C=O) groups excluding carboxylic acids is 1. The lowest BCUT2D eigenvalue weighted by molar-refractivity contribution is 0.0925. The Balaban J connectivity index is 1.46. The Labute approximate surface area is 155 Å². The summed E-state index contributed by atoms with van der Waals surface area (Å²) in [6.45, 7) is 0.354. The Morgan fingerprint density at radius 2 is 2.08 bits per heavy atom. The van der Waals surface area contributed by atoms with E-state index in [1.165, 1.54) is 11.3 Å². The highest BCUT2D eigenvalue weighted by Gasteiger charge is 2.14. The minimum atomic E-state index is -0.260. The number of furan rings is 1. The van der Waals surface area contributed by atoms with Crippen LogP contribution < -0.4 is 5.32 Å². The van der Waals surface area contributed by atoms with Crippen molar-refractivity contribution < 1.29 is 9.21 Å². The summed E-state index contributed by atoms with van der Waals surface area (Å²) in [6, 6.07) is 11.2. The highest BCUT2D eigenvalue weighted by molar-refractivity contribution is 9.10. The summed E-state index contributed by atoms with van der Waals surface area (Å²) in [5.74, 6) is 0.0246. The van der Waals surface area contributed by atoms with Crippen LogP contribution in [0.1, 0.15) is 15.6 Å². The number of aromatic nitrogens is 2. The van der Waals surface area contributed by atoms with Gasteiger partial charge in [-0.15, -0.1) is 11.3 Å². The van der Waals surface area contributed by atoms with E-state index >= 15 is 0 Å². The van der Waals surface area contributed by atoms with Crippen LogP contribution in [-0.4, -0.2) is 15.9 Å². The van der Waals surface area contributed by atoms with E-state index in [0.29, 0.717) is 12.1 Å². The molecule has 0 aliphatic rings. The van der Waals surface area contributed by atoms with Crippen LogP contribution >= 0.6 is 27.3 Å². The fourth-order valence-electron chi connectivity index (χ4n) is 2.43. The fraction of sp³-hybridized carbons (Fsp3) is 0.0556. The van der Waals surface area contributed by atoms with Gasteiger partial charge in [-0.25, -0.2) is 4.98 Å². The molecule has 0 fully saturated rings.